The summed E-state index contributed by atoms with van der Waals surface area (Å²) < 4.78 is 27.3. The van der Waals surface area contributed by atoms with Crippen LogP contribution in [0.2, 0.25) is 10.0 Å². The first-order chi connectivity index (χ1) is 9.80. The van der Waals surface area contributed by atoms with Gasteiger partial charge in [0, 0.05) is 23.2 Å². The second kappa shape index (κ2) is 6.63. The van der Waals surface area contributed by atoms with Gasteiger partial charge in [-0.05, 0) is 37.8 Å². The zero-order chi connectivity index (χ0) is 15.8. The third kappa shape index (κ3) is 3.20. The van der Waals surface area contributed by atoms with E-state index in [1.54, 1.807) is 0 Å². The minimum absolute atomic E-state index is 0.0463. The van der Waals surface area contributed by atoms with Crippen LogP contribution in [0.25, 0.3) is 0 Å². The van der Waals surface area contributed by atoms with E-state index in [1.807, 2.05) is 6.92 Å². The molecule has 2 unspecified atom stereocenters. The molecule has 0 aromatic heterocycles. The van der Waals surface area contributed by atoms with E-state index >= 15 is 0 Å². The number of rotatable bonds is 3. The van der Waals surface area contributed by atoms with E-state index in [4.69, 9.17) is 34.8 Å². The van der Waals surface area contributed by atoms with Crippen LogP contribution in [0.1, 0.15) is 32.3 Å². The van der Waals surface area contributed by atoms with Crippen LogP contribution in [0.4, 0.5) is 0 Å². The highest BCUT2D eigenvalue weighted by atomic mass is 35.5. The van der Waals surface area contributed by atoms with Gasteiger partial charge in [0.1, 0.15) is 4.90 Å². The third-order valence-electron chi connectivity index (χ3n) is 4.19. The largest absolute Gasteiger partial charge is 0.244 e. The summed E-state index contributed by atoms with van der Waals surface area (Å²) >= 11 is 18.1. The maximum Gasteiger partial charge on any atom is 0.244 e. The van der Waals surface area contributed by atoms with Crippen LogP contribution in [-0.2, 0) is 15.9 Å². The molecule has 1 aromatic carbocycles. The molecule has 2 rings (SSSR count). The highest BCUT2D eigenvalue weighted by molar-refractivity contribution is 7.89. The van der Waals surface area contributed by atoms with Crippen LogP contribution < -0.4 is 0 Å². The zero-order valence-corrected chi connectivity index (χ0v) is 15.0. The van der Waals surface area contributed by atoms with Crippen molar-refractivity contribution in [2.75, 3.05) is 6.54 Å². The van der Waals surface area contributed by atoms with Crippen molar-refractivity contribution in [2.24, 2.45) is 5.92 Å². The standard InChI is InChI=1S/C14H18Cl3NO2S/c1-9-4-3-7-18(10(9)2)21(19,20)13-6-5-12(16)11(8-15)14(13)17/h5-6,9-10H,3-4,7-8H2,1-2H3. The predicted molar refractivity (Wildman–Crippen MR) is 87.8 cm³/mol. The molecule has 0 spiro atoms. The summed E-state index contributed by atoms with van der Waals surface area (Å²) in [5.74, 6) is 0.402. The second-order valence-electron chi connectivity index (χ2n) is 5.45. The molecule has 1 aromatic rings. The van der Waals surface area contributed by atoms with E-state index in [1.165, 1.54) is 16.4 Å². The molecule has 0 saturated carbocycles. The predicted octanol–water partition coefficient (Wildman–Crippen LogP) is 4.54. The number of alkyl halides is 1. The van der Waals surface area contributed by atoms with E-state index in [0.29, 0.717) is 23.0 Å². The average molecular weight is 371 g/mol. The number of nitrogens with zero attached hydrogens (tertiary/aromatic N) is 1. The zero-order valence-electron chi connectivity index (χ0n) is 11.9. The Morgan fingerprint density at radius 1 is 1.29 bits per heavy atom. The van der Waals surface area contributed by atoms with Crippen molar-refractivity contribution in [3.05, 3.63) is 27.7 Å². The number of hydrogen-bond acceptors (Lipinski definition) is 2. The van der Waals surface area contributed by atoms with Crippen molar-refractivity contribution in [2.45, 2.75) is 43.5 Å². The van der Waals surface area contributed by atoms with Gasteiger partial charge in [-0.2, -0.15) is 4.31 Å². The Morgan fingerprint density at radius 3 is 2.57 bits per heavy atom. The van der Waals surface area contributed by atoms with Crippen molar-refractivity contribution in [1.29, 1.82) is 0 Å². The summed E-state index contributed by atoms with van der Waals surface area (Å²) in [6, 6.07) is 2.95. The highest BCUT2D eigenvalue weighted by Crippen LogP contribution is 2.36. The molecule has 1 aliphatic rings. The topological polar surface area (TPSA) is 37.4 Å². The van der Waals surface area contributed by atoms with E-state index in [9.17, 15) is 8.42 Å². The lowest BCUT2D eigenvalue weighted by molar-refractivity contribution is 0.202. The monoisotopic (exact) mass is 369 g/mol. The van der Waals surface area contributed by atoms with Crippen molar-refractivity contribution < 1.29 is 8.42 Å². The van der Waals surface area contributed by atoms with Gasteiger partial charge in [-0.25, -0.2) is 8.42 Å². The Morgan fingerprint density at radius 2 is 1.95 bits per heavy atom. The van der Waals surface area contributed by atoms with E-state index in [-0.39, 0.29) is 21.8 Å². The summed E-state index contributed by atoms with van der Waals surface area (Å²) in [5.41, 5.74) is 0.457. The Labute approximate surface area is 141 Å². The lowest BCUT2D eigenvalue weighted by Gasteiger charge is -2.37. The number of sulfonamides is 1. The minimum Gasteiger partial charge on any atom is -0.207 e. The molecule has 0 amide bonds. The first kappa shape index (κ1) is 17.4. The van der Waals surface area contributed by atoms with Crippen molar-refractivity contribution in [1.82, 2.24) is 4.31 Å². The number of halogens is 3. The quantitative estimate of drug-likeness (QED) is 0.732. The summed E-state index contributed by atoms with van der Waals surface area (Å²) in [5, 5.41) is 0.511. The molecule has 1 heterocycles. The summed E-state index contributed by atoms with van der Waals surface area (Å²) in [4.78, 5) is 0.0881. The van der Waals surface area contributed by atoms with Gasteiger partial charge in [0.25, 0.3) is 0 Å². The summed E-state index contributed by atoms with van der Waals surface area (Å²) in [6.45, 7) is 4.52. The molecule has 2 atom stereocenters. The first-order valence-corrected chi connectivity index (χ1v) is 9.58. The van der Waals surface area contributed by atoms with Crippen LogP contribution in [-0.4, -0.2) is 25.3 Å². The summed E-state index contributed by atoms with van der Waals surface area (Å²) in [6.07, 6.45) is 1.90. The van der Waals surface area contributed by atoms with Crippen LogP contribution in [0.3, 0.4) is 0 Å². The lowest BCUT2D eigenvalue weighted by Crippen LogP contribution is -2.45. The fourth-order valence-electron chi connectivity index (χ4n) is 2.66. The molecule has 118 valence electrons. The molecule has 0 bridgehead atoms. The third-order valence-corrected chi connectivity index (χ3v) is 7.38. The fourth-order valence-corrected chi connectivity index (χ4v) is 5.73. The molecule has 0 N–H and O–H groups in total. The van der Waals surface area contributed by atoms with Crippen LogP contribution in [0.15, 0.2) is 17.0 Å². The van der Waals surface area contributed by atoms with E-state index in [0.717, 1.165) is 12.8 Å². The number of hydrogen-bond donors (Lipinski definition) is 0. The normalized spacial score (nSPS) is 24.2. The molecule has 0 aliphatic carbocycles. The molecule has 7 heteroatoms. The molecule has 21 heavy (non-hydrogen) atoms. The second-order valence-corrected chi connectivity index (χ2v) is 8.36. The molecular formula is C14H18Cl3NO2S. The van der Waals surface area contributed by atoms with Crippen LogP contribution in [0.5, 0.6) is 0 Å². The Balaban J connectivity index is 2.49. The lowest BCUT2D eigenvalue weighted by atomic mass is 9.94. The smallest absolute Gasteiger partial charge is 0.207 e. The fraction of sp³-hybridized carbons (Fsp3) is 0.571. The molecule has 1 saturated heterocycles. The van der Waals surface area contributed by atoms with Gasteiger partial charge in [0.15, 0.2) is 0 Å². The van der Waals surface area contributed by atoms with Crippen molar-refractivity contribution in [3.8, 4) is 0 Å². The molecule has 1 fully saturated rings. The van der Waals surface area contributed by atoms with Gasteiger partial charge in [-0.15, -0.1) is 11.6 Å². The van der Waals surface area contributed by atoms with Crippen molar-refractivity contribution >= 4 is 44.8 Å². The van der Waals surface area contributed by atoms with Crippen LogP contribution >= 0.6 is 34.8 Å². The van der Waals surface area contributed by atoms with Gasteiger partial charge in [-0.3, -0.25) is 0 Å². The number of piperidine rings is 1. The maximum absolute atomic E-state index is 12.9. The highest BCUT2D eigenvalue weighted by Gasteiger charge is 2.36. The molecule has 0 radical (unpaired) electrons. The van der Waals surface area contributed by atoms with E-state index in [2.05, 4.69) is 6.92 Å². The average Bonchev–Trinajstić information content (AvgIpc) is 2.41. The molecule has 1 aliphatic heterocycles. The van der Waals surface area contributed by atoms with Gasteiger partial charge in [0.05, 0.1) is 10.9 Å². The maximum atomic E-state index is 12.9. The van der Waals surface area contributed by atoms with Gasteiger partial charge in [-0.1, -0.05) is 30.1 Å². The van der Waals surface area contributed by atoms with Gasteiger partial charge < -0.3 is 0 Å². The Bertz CT molecular complexity index is 633. The van der Waals surface area contributed by atoms with Gasteiger partial charge in [0.2, 0.25) is 10.0 Å². The van der Waals surface area contributed by atoms with Gasteiger partial charge >= 0.3 is 0 Å². The Kier molecular flexibility index (Phi) is 5.48. The van der Waals surface area contributed by atoms with Crippen molar-refractivity contribution in [3.63, 3.8) is 0 Å². The first-order valence-electron chi connectivity index (χ1n) is 6.85. The number of benzene rings is 1. The minimum atomic E-state index is -3.64. The molecule has 3 nitrogen and oxygen atoms in total. The summed E-state index contributed by atoms with van der Waals surface area (Å²) in [7, 11) is -3.64. The Hall–Kier alpha value is -0.000000000000000167. The SMILES string of the molecule is CC1CCCN(S(=O)(=O)c2ccc(Cl)c(CCl)c2Cl)C1C. The van der Waals surface area contributed by atoms with E-state index < -0.39 is 10.0 Å². The molecular weight excluding hydrogens is 353 g/mol. The van der Waals surface area contributed by atoms with Crippen LogP contribution in [0, 0.1) is 5.92 Å².